The molecule has 1 saturated carbocycles. The number of amides is 2. The minimum atomic E-state index is -0.592. The van der Waals surface area contributed by atoms with Crippen LogP contribution >= 0.6 is 0 Å². The van der Waals surface area contributed by atoms with Crippen molar-refractivity contribution < 1.29 is 9.59 Å². The van der Waals surface area contributed by atoms with Gasteiger partial charge in [0.1, 0.15) is 11.9 Å². The van der Waals surface area contributed by atoms with E-state index >= 15 is 0 Å². The Hall–Kier alpha value is -3.48. The van der Waals surface area contributed by atoms with E-state index in [1.165, 1.54) is 5.56 Å². The zero-order valence-corrected chi connectivity index (χ0v) is 16.9. The van der Waals surface area contributed by atoms with Gasteiger partial charge in [0, 0.05) is 19.2 Å². The Kier molecular flexibility index (Phi) is 4.38. The van der Waals surface area contributed by atoms with Gasteiger partial charge in [0.15, 0.2) is 0 Å². The van der Waals surface area contributed by atoms with Crippen LogP contribution < -0.4 is 10.2 Å². The third kappa shape index (κ3) is 3.07. The Bertz CT molecular complexity index is 1110. The van der Waals surface area contributed by atoms with E-state index in [0.717, 1.165) is 11.3 Å². The Labute approximate surface area is 174 Å². The van der Waals surface area contributed by atoms with Crippen molar-refractivity contribution in [3.8, 4) is 0 Å². The van der Waals surface area contributed by atoms with Gasteiger partial charge in [-0.3, -0.25) is 14.7 Å². The number of aromatic amines is 1. The number of rotatable bonds is 4. The monoisotopic (exact) mass is 401 g/mol. The maximum Gasteiger partial charge on any atom is 0.291 e. The second-order valence-electron chi connectivity index (χ2n) is 8.14. The van der Waals surface area contributed by atoms with Gasteiger partial charge in [-0.25, -0.2) is 4.98 Å². The van der Waals surface area contributed by atoms with Crippen molar-refractivity contribution >= 4 is 17.5 Å². The van der Waals surface area contributed by atoms with Crippen molar-refractivity contribution in [2.45, 2.75) is 25.3 Å². The van der Waals surface area contributed by atoms with Gasteiger partial charge < -0.3 is 10.2 Å². The van der Waals surface area contributed by atoms with Crippen molar-refractivity contribution in [2.75, 3.05) is 11.9 Å². The maximum absolute atomic E-state index is 13.2. The lowest BCUT2D eigenvalue weighted by atomic mass is 10.1. The fraction of sp³-hybridized carbons (Fsp3) is 0.304. The van der Waals surface area contributed by atoms with Gasteiger partial charge in [0.25, 0.3) is 5.91 Å². The predicted molar refractivity (Wildman–Crippen MR) is 112 cm³/mol. The molecule has 7 heteroatoms. The van der Waals surface area contributed by atoms with Gasteiger partial charge >= 0.3 is 0 Å². The van der Waals surface area contributed by atoms with E-state index in [1.807, 2.05) is 48.5 Å². The van der Waals surface area contributed by atoms with Crippen LogP contribution in [0.1, 0.15) is 40.4 Å². The molecule has 1 aliphatic carbocycles. The number of aromatic nitrogens is 3. The summed E-state index contributed by atoms with van der Waals surface area (Å²) in [5.74, 6) is 0.809. The molecule has 2 heterocycles. The number of carbonyl (C=O) groups excluding carboxylic acids is 2. The fourth-order valence-electron chi connectivity index (χ4n) is 4.69. The first kappa shape index (κ1) is 18.5. The number of hydrogen-bond donors (Lipinski definition) is 2. The smallest absolute Gasteiger partial charge is 0.291 e. The quantitative estimate of drug-likeness (QED) is 0.703. The largest absolute Gasteiger partial charge is 0.337 e. The highest BCUT2D eigenvalue weighted by molar-refractivity contribution is 6.03. The van der Waals surface area contributed by atoms with E-state index in [2.05, 4.69) is 33.5 Å². The number of likely N-dealkylation sites (N-methyl/N-ethyl adjacent to an activating group) is 1. The van der Waals surface area contributed by atoms with E-state index in [1.54, 1.807) is 11.9 Å². The third-order valence-electron chi connectivity index (χ3n) is 6.32. The lowest BCUT2D eigenvalue weighted by molar-refractivity contribution is -0.120. The number of nitrogens with one attached hydrogen (secondary N) is 2. The zero-order valence-electron chi connectivity index (χ0n) is 16.9. The summed E-state index contributed by atoms with van der Waals surface area (Å²) in [6.45, 7) is 2.13. The average molecular weight is 401 g/mol. The summed E-state index contributed by atoms with van der Waals surface area (Å²) in [4.78, 5) is 32.0. The fourth-order valence-corrected chi connectivity index (χ4v) is 4.69. The highest BCUT2D eigenvalue weighted by Crippen LogP contribution is 2.59. The first-order valence-corrected chi connectivity index (χ1v) is 10.2. The zero-order chi connectivity index (χ0) is 20.8. The number of nitrogens with zero attached hydrogens (tertiary/aromatic N) is 3. The van der Waals surface area contributed by atoms with Gasteiger partial charge in [-0.05, 0) is 34.9 Å². The van der Waals surface area contributed by atoms with Crippen molar-refractivity contribution in [1.29, 1.82) is 0 Å². The molecule has 1 aliphatic heterocycles. The number of benzene rings is 2. The lowest BCUT2D eigenvalue weighted by Gasteiger charge is -2.24. The summed E-state index contributed by atoms with van der Waals surface area (Å²) in [7, 11) is 1.76. The summed E-state index contributed by atoms with van der Waals surface area (Å²) in [5.41, 5.74) is 3.17. The number of carbonyl (C=O) groups is 2. The molecule has 2 N–H and O–H groups in total. The van der Waals surface area contributed by atoms with E-state index in [4.69, 9.17) is 0 Å². The van der Waals surface area contributed by atoms with E-state index in [-0.39, 0.29) is 23.6 Å². The minimum Gasteiger partial charge on any atom is -0.337 e. The molecule has 0 bridgehead atoms. The first-order valence-electron chi connectivity index (χ1n) is 10.2. The molecule has 3 aromatic rings. The van der Waals surface area contributed by atoms with Gasteiger partial charge in [-0.1, -0.05) is 55.5 Å². The maximum atomic E-state index is 13.2. The molecule has 1 aromatic heterocycles. The molecule has 5 rings (SSSR count). The molecule has 0 radical (unpaired) electrons. The Morgan fingerprint density at radius 1 is 1.13 bits per heavy atom. The summed E-state index contributed by atoms with van der Waals surface area (Å²) in [6.07, 6.45) is 0.559. The molecule has 3 unspecified atom stereocenters. The molecule has 2 aliphatic rings. The highest BCUT2D eigenvalue weighted by atomic mass is 16.2. The topological polar surface area (TPSA) is 91.0 Å². The van der Waals surface area contributed by atoms with Crippen LogP contribution in [0.3, 0.4) is 0 Å². The minimum absolute atomic E-state index is 0.0583. The number of para-hydroxylation sites is 1. The molecular formula is C23H23N5O2. The van der Waals surface area contributed by atoms with Crippen LogP contribution in [0.5, 0.6) is 0 Å². The molecule has 30 heavy (non-hydrogen) atoms. The van der Waals surface area contributed by atoms with Gasteiger partial charge in [-0.2, -0.15) is 0 Å². The molecule has 2 aromatic carbocycles. The summed E-state index contributed by atoms with van der Waals surface area (Å²) in [6, 6.07) is 17.2. The average Bonchev–Trinajstić information content (AvgIpc) is 3.21. The summed E-state index contributed by atoms with van der Waals surface area (Å²) in [5, 5.41) is 9.82. The second kappa shape index (κ2) is 7.09. The molecule has 0 saturated heterocycles. The Balaban J connectivity index is 1.35. The van der Waals surface area contributed by atoms with E-state index < -0.39 is 11.9 Å². The number of hydrogen-bond acceptors (Lipinski definition) is 4. The molecule has 2 amide bonds. The van der Waals surface area contributed by atoms with Gasteiger partial charge in [0.2, 0.25) is 11.7 Å². The van der Waals surface area contributed by atoms with Gasteiger partial charge in [0.05, 0.1) is 0 Å². The normalized spacial score (nSPS) is 24.6. The second-order valence-corrected chi connectivity index (χ2v) is 8.14. The van der Waals surface area contributed by atoms with Crippen LogP contribution in [0.25, 0.3) is 0 Å². The standard InChI is InChI=1S/C23H23N5O2/c1-13-18-15-10-6-7-11-16(15)28(2)23(30)20(19(13)18)25-22(29)21-24-17(26-27-21)12-14-8-4-3-5-9-14/h3-11,13,18-20H,12H2,1-2H3,(H,25,29)(H,24,26,27)/t13?,18?,19?,20-/m1/s1. The lowest BCUT2D eigenvalue weighted by Crippen LogP contribution is -2.49. The van der Waals surface area contributed by atoms with Crippen molar-refractivity contribution in [3.63, 3.8) is 0 Å². The SMILES string of the molecule is CC1C2c3ccccc3N(C)C(=O)[C@H](NC(=O)c3n[nH]c(Cc4ccccc4)n3)C12. The van der Waals surface area contributed by atoms with Crippen molar-refractivity contribution in [3.05, 3.63) is 77.4 Å². The number of H-pyrrole nitrogens is 1. The number of fused-ring (bicyclic) bond motifs is 3. The van der Waals surface area contributed by atoms with Crippen molar-refractivity contribution in [1.82, 2.24) is 20.5 Å². The van der Waals surface area contributed by atoms with E-state index in [0.29, 0.717) is 18.2 Å². The van der Waals surface area contributed by atoms with Crippen molar-refractivity contribution in [2.24, 2.45) is 11.8 Å². The van der Waals surface area contributed by atoms with Crippen LogP contribution in [0, 0.1) is 11.8 Å². The predicted octanol–water partition coefficient (Wildman–Crippen LogP) is 2.52. The van der Waals surface area contributed by atoms with Crippen LogP contribution in [0.15, 0.2) is 54.6 Å². The highest BCUT2D eigenvalue weighted by Gasteiger charge is 2.57. The van der Waals surface area contributed by atoms with Crippen LogP contribution in [-0.4, -0.2) is 40.1 Å². The third-order valence-corrected chi connectivity index (χ3v) is 6.32. The van der Waals surface area contributed by atoms with E-state index in [9.17, 15) is 9.59 Å². The molecule has 4 atom stereocenters. The summed E-state index contributed by atoms with van der Waals surface area (Å²) >= 11 is 0. The molecular weight excluding hydrogens is 378 g/mol. The molecule has 0 spiro atoms. The Morgan fingerprint density at radius 2 is 1.87 bits per heavy atom. The Morgan fingerprint density at radius 3 is 2.67 bits per heavy atom. The van der Waals surface area contributed by atoms with Gasteiger partial charge in [-0.15, -0.1) is 5.10 Å². The summed E-state index contributed by atoms with van der Waals surface area (Å²) < 4.78 is 0. The molecule has 1 fully saturated rings. The molecule has 7 nitrogen and oxygen atoms in total. The van der Waals surface area contributed by atoms with Crippen LogP contribution in [0.2, 0.25) is 0 Å². The van der Waals surface area contributed by atoms with Crippen LogP contribution in [0.4, 0.5) is 5.69 Å². The molecule has 152 valence electrons. The number of anilines is 1. The van der Waals surface area contributed by atoms with Crippen LogP contribution in [-0.2, 0) is 11.2 Å². The first-order chi connectivity index (χ1) is 14.5.